The molecule has 0 bridgehead atoms. The number of H-pyrrole nitrogens is 1. The number of amides is 1. The highest BCUT2D eigenvalue weighted by molar-refractivity contribution is 7.99. The van der Waals surface area contributed by atoms with Gasteiger partial charge in [0.05, 0.1) is 5.75 Å². The fourth-order valence-electron chi connectivity index (χ4n) is 2.29. The van der Waals surface area contributed by atoms with E-state index < -0.39 is 6.29 Å². The smallest absolute Gasteiger partial charge is 0.395 e. The number of ether oxygens (including phenoxy) is 2. The first-order chi connectivity index (χ1) is 12.3. The Balaban J connectivity index is 1.59. The molecule has 0 spiro atoms. The van der Waals surface area contributed by atoms with Gasteiger partial charge >= 0.3 is 6.29 Å². The standard InChI is InChI=1S/C16H15F2N3O4S/c1-2-3-9-7-13(22)21-15(20-9)26-8-14(23)19-10-4-5-11-12(6-10)25-16(17,18)24-11/h4-7H,2-3,8H2,1H3,(H,19,23)(H,20,21,22). The van der Waals surface area contributed by atoms with Gasteiger partial charge in [0.2, 0.25) is 5.91 Å². The third kappa shape index (κ3) is 4.51. The number of aryl methyl sites for hydroxylation is 1. The molecule has 3 rings (SSSR count). The van der Waals surface area contributed by atoms with Crippen LogP contribution >= 0.6 is 11.8 Å². The summed E-state index contributed by atoms with van der Waals surface area (Å²) in [5.74, 6) is -0.650. The molecule has 2 heterocycles. The number of hydrogen-bond acceptors (Lipinski definition) is 6. The number of alkyl halides is 2. The number of aromatic nitrogens is 2. The predicted molar refractivity (Wildman–Crippen MR) is 90.9 cm³/mol. The second kappa shape index (κ2) is 7.32. The lowest BCUT2D eigenvalue weighted by Crippen LogP contribution is -2.25. The molecule has 10 heteroatoms. The van der Waals surface area contributed by atoms with E-state index in [-0.39, 0.29) is 34.4 Å². The molecule has 1 aliphatic rings. The maximum Gasteiger partial charge on any atom is 0.586 e. The van der Waals surface area contributed by atoms with Crippen LogP contribution in [0.5, 0.6) is 11.5 Å². The van der Waals surface area contributed by atoms with E-state index in [1.807, 2.05) is 6.92 Å². The van der Waals surface area contributed by atoms with E-state index in [4.69, 9.17) is 0 Å². The predicted octanol–water partition coefficient (Wildman–Crippen LogP) is 2.77. The lowest BCUT2D eigenvalue weighted by atomic mass is 10.2. The van der Waals surface area contributed by atoms with Gasteiger partial charge in [0, 0.05) is 23.5 Å². The fraction of sp³-hybridized carbons (Fsp3) is 0.312. The monoisotopic (exact) mass is 383 g/mol. The summed E-state index contributed by atoms with van der Waals surface area (Å²) in [4.78, 5) is 30.5. The third-order valence-corrected chi connectivity index (χ3v) is 4.18. The minimum atomic E-state index is -3.71. The first kappa shape index (κ1) is 18.2. The minimum Gasteiger partial charge on any atom is -0.395 e. The number of fused-ring (bicyclic) bond motifs is 1. The van der Waals surface area contributed by atoms with Gasteiger partial charge in [-0.2, -0.15) is 0 Å². The van der Waals surface area contributed by atoms with Crippen LogP contribution in [0.4, 0.5) is 14.5 Å². The number of nitrogens with one attached hydrogen (secondary N) is 2. The maximum absolute atomic E-state index is 13.0. The van der Waals surface area contributed by atoms with E-state index >= 15 is 0 Å². The van der Waals surface area contributed by atoms with E-state index in [1.165, 1.54) is 24.3 Å². The van der Waals surface area contributed by atoms with Crippen LogP contribution in [-0.2, 0) is 11.2 Å². The molecule has 0 atom stereocenters. The zero-order valence-electron chi connectivity index (χ0n) is 13.7. The van der Waals surface area contributed by atoms with Crippen LogP contribution in [0.2, 0.25) is 0 Å². The molecule has 0 saturated heterocycles. The Kier molecular flexibility index (Phi) is 5.12. The van der Waals surface area contributed by atoms with Crippen LogP contribution in [0.25, 0.3) is 0 Å². The summed E-state index contributed by atoms with van der Waals surface area (Å²) in [7, 11) is 0. The minimum absolute atomic E-state index is 0.0108. The summed E-state index contributed by atoms with van der Waals surface area (Å²) in [6.45, 7) is 1.98. The van der Waals surface area contributed by atoms with E-state index in [9.17, 15) is 18.4 Å². The number of nitrogens with zero attached hydrogens (tertiary/aromatic N) is 1. The summed E-state index contributed by atoms with van der Waals surface area (Å²) in [6.07, 6.45) is -2.18. The van der Waals surface area contributed by atoms with Crippen molar-refractivity contribution < 1.29 is 23.0 Å². The van der Waals surface area contributed by atoms with Gasteiger partial charge in [-0.25, -0.2) is 4.98 Å². The third-order valence-electron chi connectivity index (χ3n) is 3.30. The highest BCUT2D eigenvalue weighted by Gasteiger charge is 2.43. The van der Waals surface area contributed by atoms with Crippen LogP contribution in [0.1, 0.15) is 19.0 Å². The normalized spacial score (nSPS) is 14.3. The molecule has 0 unspecified atom stereocenters. The number of rotatable bonds is 6. The number of benzene rings is 1. The van der Waals surface area contributed by atoms with Crippen LogP contribution in [0, 0.1) is 0 Å². The Morgan fingerprint density at radius 2 is 2.08 bits per heavy atom. The molecule has 1 amide bonds. The average Bonchev–Trinajstić information content (AvgIpc) is 2.86. The first-order valence-electron chi connectivity index (χ1n) is 7.77. The Morgan fingerprint density at radius 3 is 2.85 bits per heavy atom. The first-order valence-corrected chi connectivity index (χ1v) is 8.76. The molecule has 0 aliphatic carbocycles. The quantitative estimate of drug-likeness (QED) is 0.589. The Bertz CT molecular complexity index is 888. The lowest BCUT2D eigenvalue weighted by Gasteiger charge is -2.06. The van der Waals surface area contributed by atoms with Gasteiger partial charge in [0.15, 0.2) is 16.7 Å². The molecule has 0 radical (unpaired) electrons. The van der Waals surface area contributed by atoms with Crippen LogP contribution < -0.4 is 20.3 Å². The molecule has 7 nitrogen and oxygen atoms in total. The molecule has 1 aliphatic heterocycles. The van der Waals surface area contributed by atoms with E-state index in [0.29, 0.717) is 17.3 Å². The highest BCUT2D eigenvalue weighted by atomic mass is 32.2. The van der Waals surface area contributed by atoms with Gasteiger partial charge in [-0.05, 0) is 18.6 Å². The number of carbonyl (C=O) groups is 1. The van der Waals surface area contributed by atoms with Crippen molar-refractivity contribution in [2.75, 3.05) is 11.1 Å². The zero-order chi connectivity index (χ0) is 18.7. The summed E-state index contributed by atoms with van der Waals surface area (Å²) >= 11 is 1.07. The van der Waals surface area contributed by atoms with Crippen molar-refractivity contribution in [2.24, 2.45) is 0 Å². The van der Waals surface area contributed by atoms with Crippen LogP contribution in [-0.4, -0.2) is 27.9 Å². The number of halogens is 2. The van der Waals surface area contributed by atoms with Crippen LogP contribution in [0.15, 0.2) is 34.2 Å². The topological polar surface area (TPSA) is 93.3 Å². The van der Waals surface area contributed by atoms with Crippen molar-refractivity contribution in [3.63, 3.8) is 0 Å². The highest BCUT2D eigenvalue weighted by Crippen LogP contribution is 2.42. The SMILES string of the molecule is CCCc1cc(=O)[nH]c(SCC(=O)Nc2ccc3c(c2)OC(F)(F)O3)n1. The molecule has 26 heavy (non-hydrogen) atoms. The number of hydrogen-bond donors (Lipinski definition) is 2. The van der Waals surface area contributed by atoms with Gasteiger partial charge < -0.3 is 19.8 Å². The van der Waals surface area contributed by atoms with Crippen molar-refractivity contribution >= 4 is 23.4 Å². The molecule has 2 aromatic rings. The molecule has 0 saturated carbocycles. The van der Waals surface area contributed by atoms with Crippen LogP contribution in [0.3, 0.4) is 0 Å². The molecule has 138 valence electrons. The van der Waals surface area contributed by atoms with Crippen molar-refractivity contribution in [1.29, 1.82) is 0 Å². The number of anilines is 1. The second-order valence-electron chi connectivity index (χ2n) is 5.46. The van der Waals surface area contributed by atoms with E-state index in [0.717, 1.165) is 18.2 Å². The van der Waals surface area contributed by atoms with Crippen molar-refractivity contribution in [1.82, 2.24) is 9.97 Å². The Morgan fingerprint density at radius 1 is 1.31 bits per heavy atom. The van der Waals surface area contributed by atoms with Gasteiger partial charge in [0.25, 0.3) is 5.56 Å². The van der Waals surface area contributed by atoms with Gasteiger partial charge in [-0.3, -0.25) is 9.59 Å². The zero-order valence-corrected chi connectivity index (χ0v) is 14.5. The van der Waals surface area contributed by atoms with Gasteiger partial charge in [0.1, 0.15) is 0 Å². The second-order valence-corrected chi connectivity index (χ2v) is 6.42. The molecular formula is C16H15F2N3O4S. The van der Waals surface area contributed by atoms with E-state index in [1.54, 1.807) is 0 Å². The largest absolute Gasteiger partial charge is 0.586 e. The molecule has 0 fully saturated rings. The Labute approximate surface area is 151 Å². The number of thioether (sulfide) groups is 1. The Hall–Kier alpha value is -2.62. The average molecular weight is 383 g/mol. The van der Waals surface area contributed by atoms with E-state index in [2.05, 4.69) is 24.8 Å². The summed E-state index contributed by atoms with van der Waals surface area (Å²) in [6, 6.07) is 5.39. The van der Waals surface area contributed by atoms with Crippen molar-refractivity contribution in [2.45, 2.75) is 31.2 Å². The number of carbonyl (C=O) groups excluding carboxylic acids is 1. The molecular weight excluding hydrogens is 368 g/mol. The van der Waals surface area contributed by atoms with Gasteiger partial charge in [-0.15, -0.1) is 8.78 Å². The lowest BCUT2D eigenvalue weighted by molar-refractivity contribution is -0.286. The van der Waals surface area contributed by atoms with Crippen molar-refractivity contribution in [3.05, 3.63) is 40.3 Å². The van der Waals surface area contributed by atoms with Crippen molar-refractivity contribution in [3.8, 4) is 11.5 Å². The number of aromatic amines is 1. The van der Waals surface area contributed by atoms with Gasteiger partial charge in [-0.1, -0.05) is 25.1 Å². The molecule has 1 aromatic heterocycles. The summed E-state index contributed by atoms with van der Waals surface area (Å²) in [5.41, 5.74) is 0.677. The summed E-state index contributed by atoms with van der Waals surface area (Å²) in [5, 5.41) is 2.91. The summed E-state index contributed by atoms with van der Waals surface area (Å²) < 4.78 is 34.6. The maximum atomic E-state index is 13.0. The molecule has 2 N–H and O–H groups in total. The fourth-order valence-corrected chi connectivity index (χ4v) is 2.99. The molecule has 1 aromatic carbocycles.